The van der Waals surface area contributed by atoms with Gasteiger partial charge in [-0.15, -0.1) is 0 Å². The minimum Gasteiger partial charge on any atom is -0.396 e. The number of nitrogens with one attached hydrogen (secondary N) is 1. The van der Waals surface area contributed by atoms with Gasteiger partial charge in [-0.05, 0) is 5.92 Å². The molecule has 0 bridgehead atoms. The number of carbonyl (C=O) groups is 2. The van der Waals surface area contributed by atoms with Gasteiger partial charge in [0.05, 0.1) is 5.70 Å². The highest BCUT2D eigenvalue weighted by Gasteiger charge is 2.20. The molecular formula is C8H14N2O3. The Labute approximate surface area is 76.6 Å². The molecule has 1 heterocycles. The van der Waals surface area contributed by atoms with E-state index < -0.39 is 0 Å². The van der Waals surface area contributed by atoms with Crippen molar-refractivity contribution in [2.75, 3.05) is 6.61 Å². The first kappa shape index (κ1) is 11.6. The lowest BCUT2D eigenvalue weighted by atomic mass is 10.1. The molecular weight excluding hydrogens is 172 g/mol. The summed E-state index contributed by atoms with van der Waals surface area (Å²) in [6.07, 6.45) is 0.274. The summed E-state index contributed by atoms with van der Waals surface area (Å²) in [6, 6.07) is 0. The van der Waals surface area contributed by atoms with Crippen molar-refractivity contribution >= 4 is 11.8 Å². The van der Waals surface area contributed by atoms with Crippen LogP contribution in [0.15, 0.2) is 12.3 Å². The molecule has 2 amide bonds. The van der Waals surface area contributed by atoms with Gasteiger partial charge in [0.2, 0.25) is 5.91 Å². The van der Waals surface area contributed by atoms with E-state index in [0.717, 1.165) is 0 Å². The highest BCUT2D eigenvalue weighted by atomic mass is 16.3. The van der Waals surface area contributed by atoms with Crippen LogP contribution in [-0.2, 0) is 9.59 Å². The molecule has 0 aliphatic carbocycles. The number of carbonyl (C=O) groups excluding carboxylic acids is 2. The average molecular weight is 186 g/mol. The van der Waals surface area contributed by atoms with Crippen LogP contribution in [0.25, 0.3) is 0 Å². The molecule has 5 nitrogen and oxygen atoms in total. The summed E-state index contributed by atoms with van der Waals surface area (Å²) < 4.78 is 0. The molecule has 13 heavy (non-hydrogen) atoms. The summed E-state index contributed by atoms with van der Waals surface area (Å²) >= 11 is 0. The summed E-state index contributed by atoms with van der Waals surface area (Å²) in [5.74, 6) is -0.371. The van der Waals surface area contributed by atoms with E-state index in [2.05, 4.69) is 11.9 Å². The third-order valence-electron chi connectivity index (χ3n) is 1.34. The zero-order chi connectivity index (χ0) is 10.4. The van der Waals surface area contributed by atoms with Crippen LogP contribution in [0.4, 0.5) is 0 Å². The third-order valence-corrected chi connectivity index (χ3v) is 1.34. The Bertz CT molecular complexity index is 213. The highest BCUT2D eigenvalue weighted by molar-refractivity contribution is 6.09. The summed E-state index contributed by atoms with van der Waals surface area (Å²) in [7, 11) is 0. The van der Waals surface area contributed by atoms with Gasteiger partial charge in [0.15, 0.2) is 0 Å². The molecule has 5 heteroatoms. The number of aliphatic hydroxyl groups excluding tert-OH is 1. The van der Waals surface area contributed by atoms with Gasteiger partial charge in [0.1, 0.15) is 0 Å². The van der Waals surface area contributed by atoms with Gasteiger partial charge in [0, 0.05) is 13.0 Å². The molecule has 4 N–H and O–H groups in total. The fraction of sp³-hybridized carbons (Fsp3) is 0.500. The Morgan fingerprint density at radius 1 is 1.77 bits per heavy atom. The molecule has 0 aromatic heterocycles. The van der Waals surface area contributed by atoms with Crippen molar-refractivity contribution in [1.82, 2.24) is 5.32 Å². The van der Waals surface area contributed by atoms with Crippen molar-refractivity contribution in [2.45, 2.75) is 13.3 Å². The third kappa shape index (κ3) is 7.02. The van der Waals surface area contributed by atoms with Crippen LogP contribution in [0.2, 0.25) is 0 Å². The van der Waals surface area contributed by atoms with Gasteiger partial charge < -0.3 is 16.2 Å². The lowest BCUT2D eigenvalue weighted by molar-refractivity contribution is -0.119. The fourth-order valence-corrected chi connectivity index (χ4v) is 0.514. The first-order valence-corrected chi connectivity index (χ1v) is 3.86. The van der Waals surface area contributed by atoms with Crippen molar-refractivity contribution < 1.29 is 14.7 Å². The second kappa shape index (κ2) is 5.31. The molecule has 1 atom stereocenters. The van der Waals surface area contributed by atoms with E-state index in [1.807, 2.05) is 0 Å². The number of nitrogens with two attached hydrogens (primary N) is 1. The fourth-order valence-electron chi connectivity index (χ4n) is 0.514. The molecule has 1 fully saturated rings. The topological polar surface area (TPSA) is 102 Å². The number of aliphatic hydroxyl groups is 1. The van der Waals surface area contributed by atoms with Gasteiger partial charge >= 0.3 is 0 Å². The Morgan fingerprint density at radius 2 is 2.15 bits per heavy atom. The maximum absolute atomic E-state index is 10.1. The van der Waals surface area contributed by atoms with E-state index >= 15 is 0 Å². The normalized spacial score (nSPS) is 15.2. The summed E-state index contributed by atoms with van der Waals surface area (Å²) in [5.41, 5.74) is 5.35. The van der Waals surface area contributed by atoms with E-state index in [1.165, 1.54) is 0 Å². The summed E-state index contributed by atoms with van der Waals surface area (Å²) in [6.45, 7) is 5.09. The monoisotopic (exact) mass is 186 g/mol. The van der Waals surface area contributed by atoms with Crippen LogP contribution in [0.3, 0.4) is 0 Å². The van der Waals surface area contributed by atoms with Crippen molar-refractivity contribution in [3.8, 4) is 0 Å². The number of primary amides is 1. The SMILES string of the molecule is C=C1NC1=O.CC(CO)CC(N)=O. The molecule has 1 rings (SSSR count). The molecule has 74 valence electrons. The molecule has 1 unspecified atom stereocenters. The van der Waals surface area contributed by atoms with Crippen LogP contribution in [0.5, 0.6) is 0 Å². The maximum atomic E-state index is 10.1. The number of hydrogen-bond acceptors (Lipinski definition) is 3. The molecule has 0 spiro atoms. The molecule has 1 aliphatic rings. The molecule has 1 saturated heterocycles. The number of rotatable bonds is 3. The van der Waals surface area contributed by atoms with Crippen LogP contribution in [0.1, 0.15) is 13.3 Å². The second-order valence-electron chi connectivity index (χ2n) is 2.89. The number of amides is 2. The molecule has 0 aromatic rings. The van der Waals surface area contributed by atoms with E-state index in [4.69, 9.17) is 10.8 Å². The minimum atomic E-state index is -0.355. The zero-order valence-electron chi connectivity index (χ0n) is 7.54. The predicted molar refractivity (Wildman–Crippen MR) is 47.3 cm³/mol. The Hall–Kier alpha value is -1.36. The minimum absolute atomic E-state index is 0.00694. The van der Waals surface area contributed by atoms with Gasteiger partial charge in [-0.2, -0.15) is 0 Å². The summed E-state index contributed by atoms with van der Waals surface area (Å²) in [5, 5.41) is 10.7. The number of hydrogen-bond donors (Lipinski definition) is 3. The van der Waals surface area contributed by atoms with E-state index in [1.54, 1.807) is 6.92 Å². The van der Waals surface area contributed by atoms with Crippen LogP contribution < -0.4 is 11.1 Å². The standard InChI is InChI=1S/C5H11NO2.C3H3NO/c1-4(3-7)2-5(6)8;1-2-3(5)4-2/h4,7H,2-3H2,1H3,(H2,6,8);1H2,(H,4,5). The van der Waals surface area contributed by atoms with Crippen molar-refractivity contribution in [2.24, 2.45) is 11.7 Å². The lowest BCUT2D eigenvalue weighted by Crippen LogP contribution is -2.16. The van der Waals surface area contributed by atoms with Crippen molar-refractivity contribution in [3.05, 3.63) is 12.3 Å². The van der Waals surface area contributed by atoms with E-state index in [9.17, 15) is 9.59 Å². The van der Waals surface area contributed by atoms with Gasteiger partial charge in [-0.3, -0.25) is 9.59 Å². The van der Waals surface area contributed by atoms with Crippen LogP contribution in [-0.4, -0.2) is 23.5 Å². The molecule has 0 saturated carbocycles. The Kier molecular flexibility index (Phi) is 4.76. The first-order valence-electron chi connectivity index (χ1n) is 3.86. The highest BCUT2D eigenvalue weighted by Crippen LogP contribution is 1.97. The van der Waals surface area contributed by atoms with E-state index in [0.29, 0.717) is 5.70 Å². The summed E-state index contributed by atoms with van der Waals surface area (Å²) in [4.78, 5) is 19.8. The predicted octanol–water partition coefficient (Wildman–Crippen LogP) is -0.880. The van der Waals surface area contributed by atoms with Crippen LogP contribution in [0, 0.1) is 5.92 Å². The Morgan fingerprint density at radius 3 is 2.23 bits per heavy atom. The lowest BCUT2D eigenvalue weighted by Gasteiger charge is -2.00. The Balaban J connectivity index is 0.000000243. The first-order chi connectivity index (χ1) is 5.97. The van der Waals surface area contributed by atoms with Crippen molar-refractivity contribution in [3.63, 3.8) is 0 Å². The smallest absolute Gasteiger partial charge is 0.271 e. The largest absolute Gasteiger partial charge is 0.396 e. The molecule has 0 aromatic carbocycles. The van der Waals surface area contributed by atoms with E-state index in [-0.39, 0.29) is 30.8 Å². The van der Waals surface area contributed by atoms with Crippen LogP contribution >= 0.6 is 0 Å². The molecule has 0 radical (unpaired) electrons. The second-order valence-corrected chi connectivity index (χ2v) is 2.89. The van der Waals surface area contributed by atoms with Gasteiger partial charge in [0.25, 0.3) is 5.91 Å². The molecule has 1 aliphatic heterocycles. The quantitative estimate of drug-likeness (QED) is 0.394. The zero-order valence-corrected chi connectivity index (χ0v) is 7.54. The van der Waals surface area contributed by atoms with Gasteiger partial charge in [-0.1, -0.05) is 13.5 Å². The van der Waals surface area contributed by atoms with Gasteiger partial charge in [-0.25, -0.2) is 0 Å². The maximum Gasteiger partial charge on any atom is 0.271 e. The van der Waals surface area contributed by atoms with Crippen molar-refractivity contribution in [1.29, 1.82) is 0 Å². The average Bonchev–Trinajstić information content (AvgIpc) is 2.64.